The maximum Gasteiger partial charge on any atom is 0.191 e. The van der Waals surface area contributed by atoms with E-state index in [1.165, 1.54) is 11.1 Å². The Morgan fingerprint density at radius 2 is 1.71 bits per heavy atom. The summed E-state index contributed by atoms with van der Waals surface area (Å²) in [4.78, 5) is 11.2. The van der Waals surface area contributed by atoms with Gasteiger partial charge in [0.05, 0.1) is 6.54 Å². The lowest BCUT2D eigenvalue weighted by atomic mass is 10.1. The van der Waals surface area contributed by atoms with Crippen LogP contribution in [0, 0.1) is 0 Å². The topological polar surface area (TPSA) is 57.5 Å². The largest absolute Gasteiger partial charge is 0.356 e. The average molecular weight is 419 g/mol. The van der Waals surface area contributed by atoms with Gasteiger partial charge in [-0.25, -0.2) is 4.98 Å². The molecule has 2 N–H and O–H groups in total. The van der Waals surface area contributed by atoms with Crippen molar-refractivity contribution in [1.82, 2.24) is 25.1 Å². The Morgan fingerprint density at radius 1 is 1.03 bits per heavy atom. The third-order valence-corrected chi connectivity index (χ3v) is 5.52. The minimum atomic E-state index is 0.468. The standard InChI is InChI=1S/C25H34N6/c1-21(30(3)19-22-10-6-4-7-11-22)14-15-28-25(26-2)29-18-24-27-16-17-31(24)20-23-12-8-5-9-13-23/h4-13,16-17,21H,14-15,18-20H2,1-3H3,(H2,26,28,29). The molecule has 0 aliphatic rings. The van der Waals surface area contributed by atoms with Crippen molar-refractivity contribution in [3.05, 3.63) is 90.0 Å². The maximum absolute atomic E-state index is 4.50. The number of nitrogens with zero attached hydrogens (tertiary/aromatic N) is 4. The molecule has 0 fully saturated rings. The first-order valence-electron chi connectivity index (χ1n) is 10.9. The third-order valence-electron chi connectivity index (χ3n) is 5.52. The van der Waals surface area contributed by atoms with Crippen molar-refractivity contribution in [3.63, 3.8) is 0 Å². The summed E-state index contributed by atoms with van der Waals surface area (Å²) in [6.07, 6.45) is 4.90. The molecule has 1 unspecified atom stereocenters. The Hall–Kier alpha value is -3.12. The van der Waals surface area contributed by atoms with Gasteiger partial charge in [-0.1, -0.05) is 60.7 Å². The number of benzene rings is 2. The summed E-state index contributed by atoms with van der Waals surface area (Å²) < 4.78 is 2.16. The Balaban J connectivity index is 1.41. The van der Waals surface area contributed by atoms with Crippen LogP contribution in [0.4, 0.5) is 0 Å². The first-order valence-corrected chi connectivity index (χ1v) is 10.9. The maximum atomic E-state index is 4.50. The molecule has 0 bridgehead atoms. The van der Waals surface area contributed by atoms with Gasteiger partial charge in [0.25, 0.3) is 0 Å². The molecule has 1 heterocycles. The van der Waals surface area contributed by atoms with E-state index in [0.29, 0.717) is 12.6 Å². The summed E-state index contributed by atoms with van der Waals surface area (Å²) in [5.74, 6) is 1.79. The molecule has 0 spiro atoms. The summed E-state index contributed by atoms with van der Waals surface area (Å²) in [5.41, 5.74) is 2.60. The Bertz CT molecular complexity index is 919. The van der Waals surface area contributed by atoms with E-state index in [0.717, 1.165) is 37.8 Å². The number of hydrogen-bond acceptors (Lipinski definition) is 3. The highest BCUT2D eigenvalue weighted by Crippen LogP contribution is 2.08. The lowest BCUT2D eigenvalue weighted by Crippen LogP contribution is -2.40. The van der Waals surface area contributed by atoms with Crippen LogP contribution in [0.15, 0.2) is 78.0 Å². The molecular formula is C25H34N6. The van der Waals surface area contributed by atoms with E-state index in [9.17, 15) is 0 Å². The van der Waals surface area contributed by atoms with Gasteiger partial charge < -0.3 is 15.2 Å². The van der Waals surface area contributed by atoms with Crippen LogP contribution in [0.3, 0.4) is 0 Å². The predicted octanol–water partition coefficient (Wildman–Crippen LogP) is 3.51. The summed E-state index contributed by atoms with van der Waals surface area (Å²) >= 11 is 0. The van der Waals surface area contributed by atoms with Crippen LogP contribution in [-0.4, -0.2) is 47.1 Å². The average Bonchev–Trinajstić information content (AvgIpc) is 3.24. The zero-order chi connectivity index (χ0) is 21.9. The lowest BCUT2D eigenvalue weighted by molar-refractivity contribution is 0.238. The van der Waals surface area contributed by atoms with E-state index in [4.69, 9.17) is 0 Å². The molecule has 3 rings (SSSR count). The summed E-state index contributed by atoms with van der Waals surface area (Å²) in [6.45, 7) is 5.52. The molecule has 164 valence electrons. The van der Waals surface area contributed by atoms with Crippen LogP contribution in [-0.2, 0) is 19.6 Å². The highest BCUT2D eigenvalue weighted by atomic mass is 15.2. The Morgan fingerprint density at radius 3 is 2.39 bits per heavy atom. The van der Waals surface area contributed by atoms with E-state index < -0.39 is 0 Å². The fourth-order valence-corrected chi connectivity index (χ4v) is 3.46. The molecule has 0 radical (unpaired) electrons. The van der Waals surface area contributed by atoms with Gasteiger partial charge in [0.2, 0.25) is 0 Å². The predicted molar refractivity (Wildman–Crippen MR) is 128 cm³/mol. The highest BCUT2D eigenvalue weighted by Gasteiger charge is 2.10. The van der Waals surface area contributed by atoms with Gasteiger partial charge in [0.15, 0.2) is 5.96 Å². The Kier molecular flexibility index (Phi) is 8.67. The fraction of sp³-hybridized carbons (Fsp3) is 0.360. The van der Waals surface area contributed by atoms with E-state index in [1.54, 1.807) is 7.05 Å². The zero-order valence-corrected chi connectivity index (χ0v) is 18.8. The molecule has 0 aliphatic carbocycles. The molecular weight excluding hydrogens is 384 g/mol. The van der Waals surface area contributed by atoms with Crippen molar-refractivity contribution in [3.8, 4) is 0 Å². The highest BCUT2D eigenvalue weighted by molar-refractivity contribution is 5.79. The van der Waals surface area contributed by atoms with E-state index >= 15 is 0 Å². The number of guanidine groups is 1. The van der Waals surface area contributed by atoms with Crippen molar-refractivity contribution in [2.75, 3.05) is 20.6 Å². The smallest absolute Gasteiger partial charge is 0.191 e. The van der Waals surface area contributed by atoms with Gasteiger partial charge in [0.1, 0.15) is 5.82 Å². The normalized spacial score (nSPS) is 12.7. The van der Waals surface area contributed by atoms with Crippen LogP contribution in [0.1, 0.15) is 30.3 Å². The van der Waals surface area contributed by atoms with Gasteiger partial charge >= 0.3 is 0 Å². The minimum absolute atomic E-state index is 0.468. The van der Waals surface area contributed by atoms with Gasteiger partial charge in [-0.3, -0.25) is 9.89 Å². The minimum Gasteiger partial charge on any atom is -0.356 e. The molecule has 0 saturated heterocycles. The summed E-state index contributed by atoms with van der Waals surface area (Å²) in [6, 6.07) is 21.5. The Labute approximate surface area is 186 Å². The van der Waals surface area contributed by atoms with Crippen LogP contribution in [0.5, 0.6) is 0 Å². The number of nitrogens with one attached hydrogen (secondary N) is 2. The van der Waals surface area contributed by atoms with Crippen molar-refractivity contribution in [2.45, 2.75) is 39.0 Å². The van der Waals surface area contributed by atoms with Gasteiger partial charge in [-0.2, -0.15) is 0 Å². The van der Waals surface area contributed by atoms with Gasteiger partial charge in [0, 0.05) is 45.1 Å². The first-order chi connectivity index (χ1) is 15.2. The molecule has 1 atom stereocenters. The number of hydrogen-bond donors (Lipinski definition) is 2. The first kappa shape index (κ1) is 22.6. The van der Waals surface area contributed by atoms with Crippen LogP contribution in [0.25, 0.3) is 0 Å². The quantitative estimate of drug-likeness (QED) is 0.391. The molecule has 6 nitrogen and oxygen atoms in total. The van der Waals surface area contributed by atoms with Crippen molar-refractivity contribution in [1.29, 1.82) is 0 Å². The summed E-state index contributed by atoms with van der Waals surface area (Å²) in [5, 5.41) is 6.81. The molecule has 0 saturated carbocycles. The summed E-state index contributed by atoms with van der Waals surface area (Å²) in [7, 11) is 3.98. The van der Waals surface area contributed by atoms with Gasteiger partial charge in [-0.15, -0.1) is 0 Å². The number of imidazole rings is 1. The van der Waals surface area contributed by atoms with Crippen LogP contribution < -0.4 is 10.6 Å². The number of aliphatic imine (C=N–C) groups is 1. The number of aromatic nitrogens is 2. The van der Waals surface area contributed by atoms with E-state index in [2.05, 4.69) is 98.6 Å². The molecule has 31 heavy (non-hydrogen) atoms. The van der Waals surface area contributed by atoms with Crippen LogP contribution >= 0.6 is 0 Å². The molecule has 0 aliphatic heterocycles. The molecule has 2 aromatic carbocycles. The second-order valence-corrected chi connectivity index (χ2v) is 7.85. The molecule has 1 aromatic heterocycles. The zero-order valence-electron chi connectivity index (χ0n) is 18.8. The van der Waals surface area contributed by atoms with Gasteiger partial charge in [-0.05, 0) is 31.5 Å². The van der Waals surface area contributed by atoms with Crippen molar-refractivity contribution in [2.24, 2.45) is 4.99 Å². The second-order valence-electron chi connectivity index (χ2n) is 7.85. The van der Waals surface area contributed by atoms with Crippen LogP contribution in [0.2, 0.25) is 0 Å². The third kappa shape index (κ3) is 7.26. The molecule has 0 amide bonds. The number of rotatable bonds is 10. The monoisotopic (exact) mass is 418 g/mol. The van der Waals surface area contributed by atoms with E-state index in [1.807, 2.05) is 18.5 Å². The van der Waals surface area contributed by atoms with Crippen molar-refractivity contribution < 1.29 is 0 Å². The SMILES string of the molecule is CN=C(NCCC(C)N(C)Cc1ccccc1)NCc1nccn1Cc1ccccc1. The molecule has 6 heteroatoms. The lowest BCUT2D eigenvalue weighted by Gasteiger charge is -2.25. The second kappa shape index (κ2) is 11.9. The fourth-order valence-electron chi connectivity index (χ4n) is 3.46. The van der Waals surface area contributed by atoms with E-state index in [-0.39, 0.29) is 0 Å². The molecule has 3 aromatic rings. The van der Waals surface area contributed by atoms with Crippen molar-refractivity contribution >= 4 is 5.96 Å².